The summed E-state index contributed by atoms with van der Waals surface area (Å²) in [5.74, 6) is -2.82. The second kappa shape index (κ2) is 8.48. The number of nitrogens with zero attached hydrogens (tertiary/aromatic N) is 4. The molecule has 0 bridgehead atoms. The Bertz CT molecular complexity index is 987. The molecule has 1 aromatic rings. The molecule has 2 amide bonds. The van der Waals surface area contributed by atoms with E-state index in [0.717, 1.165) is 11.2 Å². The first-order valence-corrected chi connectivity index (χ1v) is 11.0. The number of carbonyl (C=O) groups excluding carboxylic acids is 3. The third-order valence-corrected chi connectivity index (χ3v) is 6.23. The molecule has 0 radical (unpaired) electrons. The van der Waals surface area contributed by atoms with E-state index in [0.29, 0.717) is 5.56 Å². The van der Waals surface area contributed by atoms with Crippen molar-refractivity contribution >= 4 is 33.6 Å². The number of Topliss-reactive ketones (excluding diaryl/α,β-unsaturated/α-hetero) is 1. The molecule has 30 heavy (non-hydrogen) atoms. The zero-order valence-electron chi connectivity index (χ0n) is 16.5. The lowest BCUT2D eigenvalue weighted by Crippen LogP contribution is -2.60. The standard InChI is InChI=1S/C18H22FN5O5S/c1-22-17(27)15(25)14(16(26)20-11-12-3-5-13(19)6-4-12)21-18(22)23-7-9-24(10-8-23)30(2,28)29/h3-6,14H,7-11H2,1-2H3,(H,20,26). The van der Waals surface area contributed by atoms with Gasteiger partial charge in [0.25, 0.3) is 17.6 Å². The van der Waals surface area contributed by atoms with E-state index in [9.17, 15) is 27.2 Å². The average Bonchev–Trinajstić information content (AvgIpc) is 2.71. The van der Waals surface area contributed by atoms with Crippen LogP contribution in [0.25, 0.3) is 0 Å². The maximum Gasteiger partial charge on any atom is 0.299 e. The number of nitrogens with one attached hydrogen (secondary N) is 1. The Balaban J connectivity index is 1.73. The molecule has 2 aliphatic heterocycles. The van der Waals surface area contributed by atoms with E-state index < -0.39 is 39.5 Å². The molecule has 162 valence electrons. The van der Waals surface area contributed by atoms with Gasteiger partial charge in [-0.3, -0.25) is 19.3 Å². The topological polar surface area (TPSA) is 119 Å². The largest absolute Gasteiger partial charge is 0.350 e. The Kier molecular flexibility index (Phi) is 6.17. The SMILES string of the molecule is CN1C(=O)C(=O)C(C(=O)NCc2ccc(F)cc2)N=C1N1CCN(S(C)(=O)=O)CC1. The van der Waals surface area contributed by atoms with Crippen LogP contribution in [-0.2, 0) is 31.0 Å². The van der Waals surface area contributed by atoms with Crippen LogP contribution in [-0.4, -0.2) is 91.6 Å². The first kappa shape index (κ1) is 21.8. The molecule has 10 nitrogen and oxygen atoms in total. The van der Waals surface area contributed by atoms with Crippen LogP contribution in [0.2, 0.25) is 0 Å². The quantitative estimate of drug-likeness (QED) is 0.464. The molecule has 1 unspecified atom stereocenters. The number of hydrogen-bond donors (Lipinski definition) is 1. The summed E-state index contributed by atoms with van der Waals surface area (Å²) < 4.78 is 37.6. The molecule has 0 aliphatic carbocycles. The van der Waals surface area contributed by atoms with Crippen molar-refractivity contribution in [3.63, 3.8) is 0 Å². The van der Waals surface area contributed by atoms with Gasteiger partial charge in [-0.2, -0.15) is 4.31 Å². The summed E-state index contributed by atoms with van der Waals surface area (Å²) in [6.07, 6.45) is 1.12. The summed E-state index contributed by atoms with van der Waals surface area (Å²) in [5, 5.41) is 2.54. The number of likely N-dealkylation sites (N-methyl/N-ethyl adjacent to an activating group) is 1. The molecule has 1 N–H and O–H groups in total. The van der Waals surface area contributed by atoms with Gasteiger partial charge in [0.05, 0.1) is 6.26 Å². The number of amides is 2. The summed E-state index contributed by atoms with van der Waals surface area (Å²) in [6, 6.07) is 3.95. The van der Waals surface area contributed by atoms with Crippen molar-refractivity contribution in [3.8, 4) is 0 Å². The molecule has 2 heterocycles. The number of rotatable bonds is 4. The zero-order valence-corrected chi connectivity index (χ0v) is 17.4. The maximum absolute atomic E-state index is 13.0. The van der Waals surface area contributed by atoms with Crippen LogP contribution < -0.4 is 5.32 Å². The number of piperazine rings is 1. The highest BCUT2D eigenvalue weighted by Crippen LogP contribution is 2.14. The van der Waals surface area contributed by atoms with Crippen LogP contribution in [0.15, 0.2) is 29.3 Å². The monoisotopic (exact) mass is 439 g/mol. The second-order valence-electron chi connectivity index (χ2n) is 7.05. The Morgan fingerprint density at radius 2 is 1.77 bits per heavy atom. The fourth-order valence-electron chi connectivity index (χ4n) is 3.21. The third-order valence-electron chi connectivity index (χ3n) is 4.93. The fraction of sp³-hybridized carbons (Fsp3) is 0.444. The molecule has 2 aliphatic rings. The Labute approximate surface area is 173 Å². The lowest BCUT2D eigenvalue weighted by molar-refractivity contribution is -0.145. The summed E-state index contributed by atoms with van der Waals surface area (Å²) in [5.41, 5.74) is 0.623. The molecule has 1 aromatic carbocycles. The van der Waals surface area contributed by atoms with E-state index in [1.807, 2.05) is 0 Å². The summed E-state index contributed by atoms with van der Waals surface area (Å²) >= 11 is 0. The van der Waals surface area contributed by atoms with Gasteiger partial charge in [0.15, 0.2) is 6.04 Å². The number of ketones is 1. The second-order valence-corrected chi connectivity index (χ2v) is 9.04. The van der Waals surface area contributed by atoms with Crippen LogP contribution in [0.4, 0.5) is 4.39 Å². The van der Waals surface area contributed by atoms with E-state index >= 15 is 0 Å². The molecule has 0 saturated carbocycles. The van der Waals surface area contributed by atoms with Gasteiger partial charge < -0.3 is 10.2 Å². The lowest BCUT2D eigenvalue weighted by atomic mass is 10.1. The normalized spacial score (nSPS) is 20.9. The highest BCUT2D eigenvalue weighted by molar-refractivity contribution is 7.88. The van der Waals surface area contributed by atoms with Crippen LogP contribution in [0.1, 0.15) is 5.56 Å². The molecule has 1 atom stereocenters. The zero-order chi connectivity index (χ0) is 22.1. The average molecular weight is 439 g/mol. The minimum Gasteiger partial charge on any atom is -0.350 e. The number of aliphatic imine (C=N–C) groups is 1. The van der Waals surface area contributed by atoms with Gasteiger partial charge in [0, 0.05) is 39.8 Å². The Hall–Kier alpha value is -2.86. The van der Waals surface area contributed by atoms with Crippen molar-refractivity contribution in [2.75, 3.05) is 39.5 Å². The van der Waals surface area contributed by atoms with Gasteiger partial charge in [-0.25, -0.2) is 17.8 Å². The van der Waals surface area contributed by atoms with E-state index in [4.69, 9.17) is 0 Å². The van der Waals surface area contributed by atoms with Crippen molar-refractivity contribution in [1.29, 1.82) is 0 Å². The van der Waals surface area contributed by atoms with Crippen LogP contribution >= 0.6 is 0 Å². The predicted octanol–water partition coefficient (Wildman–Crippen LogP) is -1.22. The highest BCUT2D eigenvalue weighted by Gasteiger charge is 2.41. The van der Waals surface area contributed by atoms with Gasteiger partial charge in [-0.05, 0) is 17.7 Å². The molecular formula is C18H22FN5O5S. The van der Waals surface area contributed by atoms with Crippen LogP contribution in [0.3, 0.4) is 0 Å². The van der Waals surface area contributed by atoms with Gasteiger partial charge in [0.2, 0.25) is 16.0 Å². The number of benzene rings is 1. The Morgan fingerprint density at radius 1 is 1.17 bits per heavy atom. The molecular weight excluding hydrogens is 417 g/mol. The molecule has 12 heteroatoms. The van der Waals surface area contributed by atoms with E-state index in [-0.39, 0.29) is 38.7 Å². The molecule has 1 saturated heterocycles. The van der Waals surface area contributed by atoms with Crippen molar-refractivity contribution < 1.29 is 27.2 Å². The summed E-state index contributed by atoms with van der Waals surface area (Å²) in [4.78, 5) is 44.2. The number of carbonyl (C=O) groups is 3. The first-order valence-electron chi connectivity index (χ1n) is 9.20. The third kappa shape index (κ3) is 4.65. The van der Waals surface area contributed by atoms with Gasteiger partial charge in [-0.1, -0.05) is 12.1 Å². The minimum atomic E-state index is -3.33. The van der Waals surface area contributed by atoms with Crippen molar-refractivity contribution in [2.45, 2.75) is 12.6 Å². The molecule has 1 fully saturated rings. The fourth-order valence-corrected chi connectivity index (χ4v) is 4.04. The summed E-state index contributed by atoms with van der Waals surface area (Å²) in [7, 11) is -1.95. The molecule has 3 rings (SSSR count). The van der Waals surface area contributed by atoms with Crippen LogP contribution in [0, 0.1) is 5.82 Å². The number of guanidine groups is 1. The number of hydrogen-bond acceptors (Lipinski definition) is 7. The van der Waals surface area contributed by atoms with Crippen molar-refractivity contribution in [1.82, 2.24) is 19.4 Å². The van der Waals surface area contributed by atoms with Crippen LogP contribution in [0.5, 0.6) is 0 Å². The van der Waals surface area contributed by atoms with E-state index in [1.54, 1.807) is 4.90 Å². The van der Waals surface area contributed by atoms with E-state index in [1.165, 1.54) is 35.6 Å². The van der Waals surface area contributed by atoms with Crippen molar-refractivity contribution in [2.24, 2.45) is 4.99 Å². The molecule has 0 aromatic heterocycles. The molecule has 0 spiro atoms. The maximum atomic E-state index is 13.0. The van der Waals surface area contributed by atoms with E-state index in [2.05, 4.69) is 10.3 Å². The van der Waals surface area contributed by atoms with Gasteiger partial charge >= 0.3 is 0 Å². The van der Waals surface area contributed by atoms with Crippen molar-refractivity contribution in [3.05, 3.63) is 35.6 Å². The number of sulfonamides is 1. The smallest absolute Gasteiger partial charge is 0.299 e. The van der Waals surface area contributed by atoms with Gasteiger partial charge in [-0.15, -0.1) is 0 Å². The predicted molar refractivity (Wildman–Crippen MR) is 105 cm³/mol. The minimum absolute atomic E-state index is 0.0464. The first-order chi connectivity index (χ1) is 14.1. The van der Waals surface area contributed by atoms with Gasteiger partial charge in [0.1, 0.15) is 5.82 Å². The lowest BCUT2D eigenvalue weighted by Gasteiger charge is -2.39. The summed E-state index contributed by atoms with van der Waals surface area (Å²) in [6.45, 7) is 0.985. The Morgan fingerprint density at radius 3 is 2.33 bits per heavy atom. The number of halogens is 1. The highest BCUT2D eigenvalue weighted by atomic mass is 32.2.